The minimum atomic E-state index is -1.11. The molecule has 0 spiro atoms. The van der Waals surface area contributed by atoms with Crippen molar-refractivity contribution >= 4 is 5.69 Å². The quantitative estimate of drug-likeness (QED) is 0.795. The lowest BCUT2D eigenvalue weighted by Crippen LogP contribution is -2.51. The van der Waals surface area contributed by atoms with Crippen LogP contribution in [0, 0.1) is 41.1 Å². The molecular weight excluding hydrogens is 263 g/mol. The normalized spacial score (nSPS) is 38.2. The van der Waals surface area contributed by atoms with Gasteiger partial charge in [0.05, 0.1) is 5.69 Å². The van der Waals surface area contributed by atoms with Crippen molar-refractivity contribution in [2.24, 2.45) is 23.7 Å². The van der Waals surface area contributed by atoms with E-state index in [9.17, 15) is 13.2 Å². The summed E-state index contributed by atoms with van der Waals surface area (Å²) >= 11 is 0. The molecule has 4 heteroatoms. The van der Waals surface area contributed by atoms with Crippen LogP contribution in [-0.4, -0.2) is 6.04 Å². The lowest BCUT2D eigenvalue weighted by molar-refractivity contribution is 0.00742. The van der Waals surface area contributed by atoms with Crippen LogP contribution in [0.25, 0.3) is 0 Å². The monoisotopic (exact) mass is 281 g/mol. The fourth-order valence-electron chi connectivity index (χ4n) is 5.00. The maximum Gasteiger partial charge on any atom is 0.182 e. The highest BCUT2D eigenvalue weighted by Crippen LogP contribution is 2.54. The molecule has 1 N–H and O–H groups in total. The summed E-state index contributed by atoms with van der Waals surface area (Å²) in [6.45, 7) is 0. The predicted octanol–water partition coefficient (Wildman–Crippen LogP) is 4.34. The summed E-state index contributed by atoms with van der Waals surface area (Å²) in [5, 5.41) is 3.12. The Hall–Kier alpha value is -1.19. The molecule has 4 bridgehead atoms. The minimum absolute atomic E-state index is 0.0139. The Kier molecular flexibility index (Phi) is 2.76. The number of halogens is 3. The second-order valence-electron chi connectivity index (χ2n) is 6.85. The van der Waals surface area contributed by atoms with Crippen LogP contribution in [-0.2, 0) is 0 Å². The van der Waals surface area contributed by atoms with Crippen molar-refractivity contribution < 1.29 is 13.2 Å². The van der Waals surface area contributed by atoms with Gasteiger partial charge in [-0.1, -0.05) is 0 Å². The van der Waals surface area contributed by atoms with Crippen molar-refractivity contribution in [1.29, 1.82) is 0 Å². The van der Waals surface area contributed by atoms with Crippen LogP contribution in [0.15, 0.2) is 12.1 Å². The second-order valence-corrected chi connectivity index (χ2v) is 6.85. The van der Waals surface area contributed by atoms with Gasteiger partial charge in [0.2, 0.25) is 0 Å². The summed E-state index contributed by atoms with van der Waals surface area (Å²) in [5.41, 5.74) is -0.0139. The second kappa shape index (κ2) is 4.40. The molecule has 20 heavy (non-hydrogen) atoms. The molecule has 4 saturated carbocycles. The molecule has 4 aliphatic carbocycles. The van der Waals surface area contributed by atoms with Crippen LogP contribution in [0.5, 0.6) is 0 Å². The van der Waals surface area contributed by atoms with Gasteiger partial charge in [0.25, 0.3) is 0 Å². The zero-order valence-electron chi connectivity index (χ0n) is 11.2. The molecule has 0 amide bonds. The third-order valence-electron chi connectivity index (χ3n) is 5.54. The van der Waals surface area contributed by atoms with Crippen molar-refractivity contribution in [3.8, 4) is 0 Å². The van der Waals surface area contributed by atoms with Gasteiger partial charge < -0.3 is 5.32 Å². The lowest BCUT2D eigenvalue weighted by atomic mass is 9.54. The van der Waals surface area contributed by atoms with Crippen LogP contribution < -0.4 is 5.32 Å². The van der Waals surface area contributed by atoms with Gasteiger partial charge in [-0.25, -0.2) is 13.2 Å². The molecule has 108 valence electrons. The largest absolute Gasteiger partial charge is 0.379 e. The van der Waals surface area contributed by atoms with E-state index in [1.54, 1.807) is 0 Å². The Morgan fingerprint density at radius 2 is 1.45 bits per heavy atom. The van der Waals surface area contributed by atoms with Crippen molar-refractivity contribution in [1.82, 2.24) is 0 Å². The molecule has 1 aromatic rings. The Balaban J connectivity index is 1.60. The highest BCUT2D eigenvalue weighted by molar-refractivity contribution is 5.47. The molecule has 5 rings (SSSR count). The number of anilines is 1. The van der Waals surface area contributed by atoms with Crippen LogP contribution in [0.1, 0.15) is 32.1 Å². The van der Waals surface area contributed by atoms with E-state index in [-0.39, 0.29) is 11.7 Å². The summed E-state index contributed by atoms with van der Waals surface area (Å²) in [6.07, 6.45) is 6.09. The van der Waals surface area contributed by atoms with Gasteiger partial charge in [-0.15, -0.1) is 0 Å². The smallest absolute Gasteiger partial charge is 0.182 e. The van der Waals surface area contributed by atoms with E-state index in [1.165, 1.54) is 32.1 Å². The zero-order valence-corrected chi connectivity index (χ0v) is 11.2. The lowest BCUT2D eigenvalue weighted by Gasteiger charge is -2.54. The minimum Gasteiger partial charge on any atom is -0.379 e. The molecule has 4 aliphatic rings. The van der Waals surface area contributed by atoms with Crippen LogP contribution in [0.4, 0.5) is 18.9 Å². The maximum atomic E-state index is 13.8. The van der Waals surface area contributed by atoms with E-state index < -0.39 is 17.5 Å². The number of nitrogens with one attached hydrogen (secondary N) is 1. The van der Waals surface area contributed by atoms with E-state index in [0.29, 0.717) is 17.9 Å². The summed E-state index contributed by atoms with van der Waals surface area (Å²) in [5.74, 6) is -0.0741. The van der Waals surface area contributed by atoms with Gasteiger partial charge >= 0.3 is 0 Å². The molecule has 0 radical (unpaired) electrons. The number of benzene rings is 1. The van der Waals surface area contributed by atoms with Gasteiger partial charge in [0.1, 0.15) is 5.82 Å². The average Bonchev–Trinajstić information content (AvgIpc) is 2.38. The standard InChI is InChI=1S/C16H18F3N/c17-12-6-13(18)15(19)14(7-12)20-16-10-2-8-1-9(4-10)5-11(16)3-8/h6-11,16,20H,1-5H2. The summed E-state index contributed by atoms with van der Waals surface area (Å²) in [6, 6.07) is 1.85. The molecule has 4 fully saturated rings. The van der Waals surface area contributed by atoms with E-state index in [4.69, 9.17) is 0 Å². The van der Waals surface area contributed by atoms with Gasteiger partial charge in [-0.05, 0) is 55.8 Å². The Labute approximate surface area is 116 Å². The Morgan fingerprint density at radius 3 is 2.05 bits per heavy atom. The molecule has 0 aromatic heterocycles. The number of hydrogen-bond donors (Lipinski definition) is 1. The molecule has 0 atom stereocenters. The maximum absolute atomic E-state index is 13.8. The van der Waals surface area contributed by atoms with Crippen LogP contribution in [0.3, 0.4) is 0 Å². The molecule has 1 aromatic carbocycles. The first-order valence-corrected chi connectivity index (χ1v) is 7.51. The van der Waals surface area contributed by atoms with Crippen molar-refractivity contribution in [3.63, 3.8) is 0 Å². The number of hydrogen-bond acceptors (Lipinski definition) is 1. The van der Waals surface area contributed by atoms with E-state index in [2.05, 4.69) is 5.32 Å². The zero-order chi connectivity index (χ0) is 13.9. The van der Waals surface area contributed by atoms with Crippen molar-refractivity contribution in [2.45, 2.75) is 38.1 Å². The Morgan fingerprint density at radius 1 is 0.850 bits per heavy atom. The first kappa shape index (κ1) is 12.5. The SMILES string of the molecule is Fc1cc(F)c(F)c(NC2C3CC4CC(C3)CC2C4)c1. The van der Waals surface area contributed by atoms with Crippen molar-refractivity contribution in [3.05, 3.63) is 29.6 Å². The van der Waals surface area contributed by atoms with E-state index in [1.807, 2.05) is 0 Å². The fraction of sp³-hybridized carbons (Fsp3) is 0.625. The Bertz CT molecular complexity index is 515. The average molecular weight is 281 g/mol. The van der Waals surface area contributed by atoms with Crippen molar-refractivity contribution in [2.75, 3.05) is 5.32 Å². The van der Waals surface area contributed by atoms with Gasteiger partial charge in [-0.2, -0.15) is 0 Å². The topological polar surface area (TPSA) is 12.0 Å². The van der Waals surface area contributed by atoms with Crippen LogP contribution in [0.2, 0.25) is 0 Å². The van der Waals surface area contributed by atoms with Gasteiger partial charge in [0.15, 0.2) is 11.6 Å². The molecule has 0 unspecified atom stereocenters. The first-order chi connectivity index (χ1) is 9.60. The van der Waals surface area contributed by atoms with Crippen LogP contribution >= 0.6 is 0 Å². The molecular formula is C16H18F3N. The number of rotatable bonds is 2. The highest BCUT2D eigenvalue weighted by Gasteiger charge is 2.48. The molecule has 0 heterocycles. The van der Waals surface area contributed by atoms with Gasteiger partial charge in [0, 0.05) is 18.2 Å². The fourth-order valence-corrected chi connectivity index (χ4v) is 5.00. The summed E-state index contributed by atoms with van der Waals surface area (Å²) < 4.78 is 40.4. The molecule has 0 aliphatic heterocycles. The molecule has 0 saturated heterocycles. The third kappa shape index (κ3) is 1.92. The van der Waals surface area contributed by atoms with E-state index >= 15 is 0 Å². The summed E-state index contributed by atoms with van der Waals surface area (Å²) in [4.78, 5) is 0. The van der Waals surface area contributed by atoms with Gasteiger partial charge in [-0.3, -0.25) is 0 Å². The predicted molar refractivity (Wildman–Crippen MR) is 70.8 cm³/mol. The molecule has 1 nitrogen and oxygen atoms in total. The van der Waals surface area contributed by atoms with E-state index in [0.717, 1.165) is 17.9 Å². The highest BCUT2D eigenvalue weighted by atomic mass is 19.2. The third-order valence-corrected chi connectivity index (χ3v) is 5.54. The summed E-state index contributed by atoms with van der Waals surface area (Å²) in [7, 11) is 0. The first-order valence-electron chi connectivity index (χ1n) is 7.51.